The quantitative estimate of drug-likeness (QED) is 0.604. The number of rotatable bonds is 2. The van der Waals surface area contributed by atoms with Crippen LogP contribution in [0.1, 0.15) is 0 Å². The zero-order valence-corrected chi connectivity index (χ0v) is 8.71. The molecule has 0 spiro atoms. The molecule has 0 amide bonds. The summed E-state index contributed by atoms with van der Waals surface area (Å²) in [7, 11) is 0. The van der Waals surface area contributed by atoms with E-state index in [4.69, 9.17) is 5.73 Å². The van der Waals surface area contributed by atoms with Crippen molar-refractivity contribution in [1.29, 1.82) is 0 Å². The third-order valence-corrected chi connectivity index (χ3v) is 2.31. The average Bonchev–Trinajstić information content (AvgIpc) is 2.33. The smallest absolute Gasteiger partial charge is 0.271 e. The summed E-state index contributed by atoms with van der Waals surface area (Å²) in [6.07, 6.45) is 0. The van der Waals surface area contributed by atoms with Crippen LogP contribution in [0, 0.1) is 10.1 Å². The van der Waals surface area contributed by atoms with E-state index in [1.165, 1.54) is 18.2 Å². The first-order valence-corrected chi connectivity index (χ1v) is 4.81. The Labute approximate surface area is 95.9 Å². The molecular weight excluding hydrogens is 222 g/mol. The maximum atomic E-state index is 11.3. The molecule has 1 aromatic carbocycles. The lowest BCUT2D eigenvalue weighted by molar-refractivity contribution is -0.384. The van der Waals surface area contributed by atoms with Crippen molar-refractivity contribution in [3.05, 3.63) is 56.9 Å². The highest BCUT2D eigenvalue weighted by Gasteiger charge is 2.07. The Balaban J connectivity index is 2.53. The molecule has 1 heterocycles. The summed E-state index contributed by atoms with van der Waals surface area (Å²) in [5, 5.41) is 10.6. The Hall–Kier alpha value is -2.63. The molecule has 0 aliphatic heterocycles. The number of anilines is 1. The first-order chi connectivity index (χ1) is 8.08. The summed E-state index contributed by atoms with van der Waals surface area (Å²) in [6, 6.07) is 9.08. The molecule has 1 aromatic heterocycles. The normalized spacial score (nSPS) is 10.1. The van der Waals surface area contributed by atoms with Crippen molar-refractivity contribution < 1.29 is 4.92 Å². The second-order valence-corrected chi connectivity index (χ2v) is 3.46. The van der Waals surface area contributed by atoms with E-state index in [9.17, 15) is 14.9 Å². The van der Waals surface area contributed by atoms with Crippen molar-refractivity contribution in [1.82, 2.24) is 4.98 Å². The van der Waals surface area contributed by atoms with Crippen LogP contribution in [0.15, 0.2) is 41.2 Å². The largest absolute Gasteiger partial charge is 0.394 e. The topological polar surface area (TPSA) is 102 Å². The number of aromatic nitrogens is 1. The summed E-state index contributed by atoms with van der Waals surface area (Å²) in [6.45, 7) is 0. The Bertz CT molecular complexity index is 634. The second-order valence-electron chi connectivity index (χ2n) is 3.46. The summed E-state index contributed by atoms with van der Waals surface area (Å²) in [5.74, 6) is 0. The molecular formula is C11H9N3O3. The van der Waals surface area contributed by atoms with Gasteiger partial charge in [-0.15, -0.1) is 0 Å². The van der Waals surface area contributed by atoms with Gasteiger partial charge in [0.1, 0.15) is 0 Å². The molecule has 0 aliphatic carbocycles. The Morgan fingerprint density at radius 2 is 2.00 bits per heavy atom. The zero-order chi connectivity index (χ0) is 12.4. The van der Waals surface area contributed by atoms with Gasteiger partial charge in [0.2, 0.25) is 0 Å². The molecule has 0 radical (unpaired) electrons. The molecule has 0 saturated carbocycles. The third-order valence-electron chi connectivity index (χ3n) is 2.31. The predicted molar refractivity (Wildman–Crippen MR) is 63.6 cm³/mol. The fourth-order valence-electron chi connectivity index (χ4n) is 1.44. The molecule has 0 aliphatic rings. The minimum absolute atomic E-state index is 0.0276. The highest BCUT2D eigenvalue weighted by Crippen LogP contribution is 2.21. The number of nitro benzene ring substituents is 1. The monoisotopic (exact) mass is 231 g/mol. The fraction of sp³-hybridized carbons (Fsp3) is 0. The van der Waals surface area contributed by atoms with Crippen molar-refractivity contribution in [3.8, 4) is 11.3 Å². The van der Waals surface area contributed by atoms with E-state index in [0.29, 0.717) is 11.3 Å². The first kappa shape index (κ1) is 10.9. The van der Waals surface area contributed by atoms with Gasteiger partial charge in [0.15, 0.2) is 0 Å². The second kappa shape index (κ2) is 4.09. The lowest BCUT2D eigenvalue weighted by Gasteiger charge is -2.01. The third kappa shape index (κ3) is 2.15. The van der Waals surface area contributed by atoms with Crippen LogP contribution < -0.4 is 11.3 Å². The Morgan fingerprint density at radius 1 is 1.24 bits per heavy atom. The Kier molecular flexibility index (Phi) is 2.61. The van der Waals surface area contributed by atoms with Crippen LogP contribution in [-0.4, -0.2) is 9.91 Å². The van der Waals surface area contributed by atoms with Crippen LogP contribution in [0.25, 0.3) is 11.3 Å². The molecule has 2 aromatic rings. The average molecular weight is 231 g/mol. The SMILES string of the molecule is Nc1ccc(-c2cccc([N+](=O)[O-])c2)[nH]c1=O. The molecule has 3 N–H and O–H groups in total. The number of hydrogen-bond acceptors (Lipinski definition) is 4. The predicted octanol–water partition coefficient (Wildman–Crippen LogP) is 1.53. The van der Waals surface area contributed by atoms with Gasteiger partial charge in [-0.2, -0.15) is 0 Å². The van der Waals surface area contributed by atoms with E-state index in [1.54, 1.807) is 18.2 Å². The van der Waals surface area contributed by atoms with Crippen LogP contribution in [-0.2, 0) is 0 Å². The Morgan fingerprint density at radius 3 is 2.65 bits per heavy atom. The van der Waals surface area contributed by atoms with Gasteiger partial charge in [0.05, 0.1) is 10.6 Å². The van der Waals surface area contributed by atoms with Crippen LogP contribution in [0.3, 0.4) is 0 Å². The van der Waals surface area contributed by atoms with Gasteiger partial charge in [0, 0.05) is 23.4 Å². The zero-order valence-electron chi connectivity index (χ0n) is 8.71. The molecule has 0 fully saturated rings. The number of non-ortho nitro benzene ring substituents is 1. The van der Waals surface area contributed by atoms with Crippen LogP contribution >= 0.6 is 0 Å². The molecule has 6 nitrogen and oxygen atoms in total. The summed E-state index contributed by atoms with van der Waals surface area (Å²) < 4.78 is 0. The number of nitrogens with two attached hydrogens (primary N) is 1. The minimum atomic E-state index is -0.487. The van der Waals surface area contributed by atoms with E-state index in [0.717, 1.165) is 0 Å². The van der Waals surface area contributed by atoms with Gasteiger partial charge >= 0.3 is 0 Å². The standard InChI is InChI=1S/C11H9N3O3/c12-9-4-5-10(13-11(9)15)7-2-1-3-8(6-7)14(16)17/h1-6H,12H2,(H,13,15). The molecule has 0 bridgehead atoms. The molecule has 2 rings (SSSR count). The first-order valence-electron chi connectivity index (χ1n) is 4.81. The van der Waals surface area contributed by atoms with Crippen LogP contribution in [0.2, 0.25) is 0 Å². The lowest BCUT2D eigenvalue weighted by atomic mass is 10.1. The van der Waals surface area contributed by atoms with E-state index in [2.05, 4.69) is 4.98 Å². The number of H-pyrrole nitrogens is 1. The van der Waals surface area contributed by atoms with Crippen molar-refractivity contribution in [2.75, 3.05) is 5.73 Å². The number of pyridine rings is 1. The maximum absolute atomic E-state index is 11.3. The van der Waals surface area contributed by atoms with Crippen LogP contribution in [0.5, 0.6) is 0 Å². The van der Waals surface area contributed by atoms with Gasteiger partial charge in [-0.05, 0) is 12.1 Å². The van der Waals surface area contributed by atoms with Gasteiger partial charge in [-0.3, -0.25) is 14.9 Å². The van der Waals surface area contributed by atoms with Crippen molar-refractivity contribution in [2.24, 2.45) is 0 Å². The molecule has 0 saturated heterocycles. The van der Waals surface area contributed by atoms with Gasteiger partial charge < -0.3 is 10.7 Å². The summed E-state index contributed by atoms with van der Waals surface area (Å²) in [4.78, 5) is 24.0. The molecule has 86 valence electrons. The number of benzene rings is 1. The number of aromatic amines is 1. The van der Waals surface area contributed by atoms with E-state index in [-0.39, 0.29) is 11.4 Å². The van der Waals surface area contributed by atoms with E-state index >= 15 is 0 Å². The number of nitrogens with zero attached hydrogens (tertiary/aromatic N) is 1. The van der Waals surface area contributed by atoms with Gasteiger partial charge in [0.25, 0.3) is 11.2 Å². The van der Waals surface area contributed by atoms with Crippen molar-refractivity contribution in [2.45, 2.75) is 0 Å². The lowest BCUT2D eigenvalue weighted by Crippen LogP contribution is -2.11. The number of nitrogen functional groups attached to an aromatic ring is 1. The molecule has 0 unspecified atom stereocenters. The fourth-order valence-corrected chi connectivity index (χ4v) is 1.44. The highest BCUT2D eigenvalue weighted by atomic mass is 16.6. The molecule has 0 atom stereocenters. The number of nitro groups is 1. The highest BCUT2D eigenvalue weighted by molar-refractivity contribution is 5.63. The van der Waals surface area contributed by atoms with Crippen molar-refractivity contribution >= 4 is 11.4 Å². The van der Waals surface area contributed by atoms with Crippen LogP contribution in [0.4, 0.5) is 11.4 Å². The number of nitrogens with one attached hydrogen (secondary N) is 1. The van der Waals surface area contributed by atoms with Gasteiger partial charge in [-0.25, -0.2) is 0 Å². The molecule has 6 heteroatoms. The minimum Gasteiger partial charge on any atom is -0.394 e. The van der Waals surface area contributed by atoms with E-state index < -0.39 is 10.5 Å². The molecule has 17 heavy (non-hydrogen) atoms. The maximum Gasteiger partial charge on any atom is 0.271 e. The van der Waals surface area contributed by atoms with E-state index in [1.807, 2.05) is 0 Å². The van der Waals surface area contributed by atoms with Gasteiger partial charge in [-0.1, -0.05) is 12.1 Å². The number of hydrogen-bond donors (Lipinski definition) is 2. The van der Waals surface area contributed by atoms with Crippen molar-refractivity contribution in [3.63, 3.8) is 0 Å². The summed E-state index contributed by atoms with van der Waals surface area (Å²) in [5.41, 5.74) is 6.13. The summed E-state index contributed by atoms with van der Waals surface area (Å²) >= 11 is 0.